The topological polar surface area (TPSA) is 38.9 Å². The summed E-state index contributed by atoms with van der Waals surface area (Å²) in [6.07, 6.45) is 4.32. The van der Waals surface area contributed by atoms with E-state index in [1.165, 1.54) is 0 Å². The van der Waals surface area contributed by atoms with Crippen LogP contribution in [-0.4, -0.2) is 11.5 Å². The highest BCUT2D eigenvalue weighted by molar-refractivity contribution is 5.33. The highest BCUT2D eigenvalue weighted by atomic mass is 14.6. The van der Waals surface area contributed by atoms with E-state index in [4.69, 9.17) is 5.73 Å². The number of nitrogens with two attached hydrogens (primary N) is 1. The van der Waals surface area contributed by atoms with Gasteiger partial charge in [-0.1, -0.05) is 11.8 Å². The Kier molecular flexibility index (Phi) is 3.31. The summed E-state index contributed by atoms with van der Waals surface area (Å²) in [6, 6.07) is 2.01. The molecule has 1 heterocycles. The molecule has 0 bridgehead atoms. The van der Waals surface area contributed by atoms with Crippen LogP contribution in [0.3, 0.4) is 0 Å². The highest BCUT2D eigenvalue weighted by Gasteiger charge is 1.86. The summed E-state index contributed by atoms with van der Waals surface area (Å²) < 4.78 is 0. The Morgan fingerprint density at radius 1 is 1.50 bits per heavy atom. The monoisotopic (exact) mass is 160 g/mol. The lowest BCUT2D eigenvalue weighted by atomic mass is 10.2. The third kappa shape index (κ3) is 2.73. The largest absolute Gasteiger partial charge is 0.330 e. The van der Waals surface area contributed by atoms with Crippen LogP contribution in [0.4, 0.5) is 0 Å². The molecule has 0 saturated heterocycles. The molecule has 2 N–H and O–H groups in total. The minimum absolute atomic E-state index is 0.617. The normalized spacial score (nSPS) is 8.83. The van der Waals surface area contributed by atoms with Gasteiger partial charge in [-0.2, -0.15) is 0 Å². The van der Waals surface area contributed by atoms with Gasteiger partial charge in [0.2, 0.25) is 0 Å². The first kappa shape index (κ1) is 8.76. The van der Waals surface area contributed by atoms with E-state index >= 15 is 0 Å². The van der Waals surface area contributed by atoms with Gasteiger partial charge in [-0.25, -0.2) is 0 Å². The van der Waals surface area contributed by atoms with Crippen molar-refractivity contribution in [2.24, 2.45) is 5.73 Å². The fourth-order valence-corrected chi connectivity index (χ4v) is 0.860. The summed E-state index contributed by atoms with van der Waals surface area (Å²) in [7, 11) is 0. The number of pyridine rings is 1. The molecule has 0 radical (unpaired) electrons. The molecule has 0 aliphatic heterocycles. The third-order valence-corrected chi connectivity index (χ3v) is 1.38. The van der Waals surface area contributed by atoms with Crippen LogP contribution in [0.15, 0.2) is 18.5 Å². The first-order chi connectivity index (χ1) is 5.83. The Balaban J connectivity index is 2.71. The molecule has 2 nitrogen and oxygen atoms in total. The molecule has 1 aromatic heterocycles. The standard InChI is InChI=1S/C10H12N2/c1-9-6-10(8-12-7-9)4-2-3-5-11/h6-8H,3,5,11H2,1H3. The molecule has 0 aliphatic carbocycles. The average molecular weight is 160 g/mol. The van der Waals surface area contributed by atoms with Crippen molar-refractivity contribution >= 4 is 0 Å². The minimum Gasteiger partial charge on any atom is -0.330 e. The molecule has 1 rings (SSSR count). The minimum atomic E-state index is 0.617. The first-order valence-electron chi connectivity index (χ1n) is 3.93. The van der Waals surface area contributed by atoms with Gasteiger partial charge in [0, 0.05) is 30.9 Å². The molecule has 2 heteroatoms. The summed E-state index contributed by atoms with van der Waals surface area (Å²) in [5, 5.41) is 0. The second kappa shape index (κ2) is 4.53. The smallest absolute Gasteiger partial charge is 0.0431 e. The van der Waals surface area contributed by atoms with Crippen LogP contribution in [0.25, 0.3) is 0 Å². The van der Waals surface area contributed by atoms with Crippen molar-refractivity contribution in [1.29, 1.82) is 0 Å². The fraction of sp³-hybridized carbons (Fsp3) is 0.300. The quantitative estimate of drug-likeness (QED) is 0.624. The van der Waals surface area contributed by atoms with Crippen molar-refractivity contribution in [3.05, 3.63) is 29.6 Å². The van der Waals surface area contributed by atoms with E-state index in [1.54, 1.807) is 6.20 Å². The Morgan fingerprint density at radius 2 is 2.33 bits per heavy atom. The summed E-state index contributed by atoms with van der Waals surface area (Å²) in [4.78, 5) is 4.03. The molecule has 0 spiro atoms. The van der Waals surface area contributed by atoms with Gasteiger partial charge < -0.3 is 5.73 Å². The zero-order valence-corrected chi connectivity index (χ0v) is 7.17. The molecule has 1 aromatic rings. The molecule has 0 unspecified atom stereocenters. The average Bonchev–Trinajstić information content (AvgIpc) is 2.05. The number of nitrogens with zero attached hydrogens (tertiary/aromatic N) is 1. The molecule has 0 saturated carbocycles. The maximum Gasteiger partial charge on any atom is 0.0431 e. The SMILES string of the molecule is Cc1cncc(C#CCCN)c1. The zero-order chi connectivity index (χ0) is 8.81. The molecule has 0 aromatic carbocycles. The molecular weight excluding hydrogens is 148 g/mol. The van der Waals surface area contributed by atoms with E-state index in [9.17, 15) is 0 Å². The number of hydrogen-bond donors (Lipinski definition) is 1. The molecule has 12 heavy (non-hydrogen) atoms. The van der Waals surface area contributed by atoms with Crippen LogP contribution in [0, 0.1) is 18.8 Å². The lowest BCUT2D eigenvalue weighted by Crippen LogP contribution is -1.95. The van der Waals surface area contributed by atoms with Crippen molar-refractivity contribution < 1.29 is 0 Å². The second-order valence-electron chi connectivity index (χ2n) is 2.59. The van der Waals surface area contributed by atoms with Crippen molar-refractivity contribution in [3.63, 3.8) is 0 Å². The van der Waals surface area contributed by atoms with E-state index in [2.05, 4.69) is 16.8 Å². The lowest BCUT2D eigenvalue weighted by molar-refractivity contribution is 1.03. The third-order valence-electron chi connectivity index (χ3n) is 1.38. The highest BCUT2D eigenvalue weighted by Crippen LogP contribution is 1.98. The van der Waals surface area contributed by atoms with Crippen LogP contribution in [0.5, 0.6) is 0 Å². The predicted molar refractivity (Wildman–Crippen MR) is 49.5 cm³/mol. The molecular formula is C10H12N2. The maximum absolute atomic E-state index is 5.30. The Morgan fingerprint density at radius 3 is 3.00 bits per heavy atom. The molecule has 0 aliphatic rings. The second-order valence-corrected chi connectivity index (χ2v) is 2.59. The van der Waals surface area contributed by atoms with Gasteiger partial charge in [0.05, 0.1) is 0 Å². The van der Waals surface area contributed by atoms with Gasteiger partial charge in [0.25, 0.3) is 0 Å². The van der Waals surface area contributed by atoms with Gasteiger partial charge in [0.15, 0.2) is 0 Å². The van der Waals surface area contributed by atoms with Crippen molar-refractivity contribution in [3.8, 4) is 11.8 Å². The Hall–Kier alpha value is -1.33. The van der Waals surface area contributed by atoms with E-state index in [1.807, 2.05) is 19.2 Å². The predicted octanol–water partition coefficient (Wildman–Crippen LogP) is 1.09. The molecule has 0 fully saturated rings. The summed E-state index contributed by atoms with van der Waals surface area (Å²) in [5.41, 5.74) is 7.40. The molecule has 62 valence electrons. The van der Waals surface area contributed by atoms with Crippen LogP contribution < -0.4 is 5.73 Å². The van der Waals surface area contributed by atoms with E-state index < -0.39 is 0 Å². The maximum atomic E-state index is 5.30. The number of rotatable bonds is 1. The van der Waals surface area contributed by atoms with E-state index in [0.29, 0.717) is 6.54 Å². The first-order valence-corrected chi connectivity index (χ1v) is 3.93. The van der Waals surface area contributed by atoms with E-state index in [-0.39, 0.29) is 0 Å². The summed E-state index contributed by atoms with van der Waals surface area (Å²) in [6.45, 7) is 2.62. The van der Waals surface area contributed by atoms with Gasteiger partial charge in [0.1, 0.15) is 0 Å². The van der Waals surface area contributed by atoms with Crippen LogP contribution in [-0.2, 0) is 0 Å². The lowest BCUT2D eigenvalue weighted by Gasteiger charge is -1.90. The van der Waals surface area contributed by atoms with Crippen molar-refractivity contribution in [2.45, 2.75) is 13.3 Å². The Labute approximate surface area is 72.8 Å². The molecule has 0 atom stereocenters. The van der Waals surface area contributed by atoms with E-state index in [0.717, 1.165) is 17.5 Å². The van der Waals surface area contributed by atoms with Crippen LogP contribution >= 0.6 is 0 Å². The summed E-state index contributed by atoms with van der Waals surface area (Å²) >= 11 is 0. The number of hydrogen-bond acceptors (Lipinski definition) is 2. The number of aryl methyl sites for hydroxylation is 1. The van der Waals surface area contributed by atoms with Gasteiger partial charge >= 0.3 is 0 Å². The summed E-state index contributed by atoms with van der Waals surface area (Å²) in [5.74, 6) is 5.96. The molecule has 0 amide bonds. The van der Waals surface area contributed by atoms with Crippen LogP contribution in [0.2, 0.25) is 0 Å². The fourth-order valence-electron chi connectivity index (χ4n) is 0.860. The van der Waals surface area contributed by atoms with Gasteiger partial charge in [-0.15, -0.1) is 0 Å². The zero-order valence-electron chi connectivity index (χ0n) is 7.17. The van der Waals surface area contributed by atoms with Crippen molar-refractivity contribution in [1.82, 2.24) is 4.98 Å². The van der Waals surface area contributed by atoms with Gasteiger partial charge in [-0.05, 0) is 18.6 Å². The van der Waals surface area contributed by atoms with Crippen LogP contribution in [0.1, 0.15) is 17.5 Å². The van der Waals surface area contributed by atoms with Crippen molar-refractivity contribution in [2.75, 3.05) is 6.54 Å². The number of aromatic nitrogens is 1. The van der Waals surface area contributed by atoms with Gasteiger partial charge in [-0.3, -0.25) is 4.98 Å². The Bertz CT molecular complexity index is 307.